The van der Waals surface area contributed by atoms with Gasteiger partial charge in [-0.25, -0.2) is 0 Å². The minimum absolute atomic E-state index is 0.0698. The molecule has 0 aromatic rings. The molecule has 24 heavy (non-hydrogen) atoms. The van der Waals surface area contributed by atoms with E-state index in [0.29, 0.717) is 37.6 Å². The summed E-state index contributed by atoms with van der Waals surface area (Å²) in [5.74, 6) is 0.101. The zero-order valence-corrected chi connectivity index (χ0v) is 15.3. The molecule has 2 saturated heterocycles. The van der Waals surface area contributed by atoms with Gasteiger partial charge in [0.1, 0.15) is 0 Å². The molecule has 1 saturated carbocycles. The van der Waals surface area contributed by atoms with Crippen LogP contribution in [0.15, 0.2) is 0 Å². The zero-order valence-electron chi connectivity index (χ0n) is 15.3. The van der Waals surface area contributed by atoms with Crippen molar-refractivity contribution in [1.82, 2.24) is 15.1 Å². The zero-order chi connectivity index (χ0) is 17.1. The highest BCUT2D eigenvalue weighted by Crippen LogP contribution is 2.29. The van der Waals surface area contributed by atoms with E-state index in [0.717, 1.165) is 19.4 Å². The summed E-state index contributed by atoms with van der Waals surface area (Å²) in [5, 5.41) is 3.11. The molecule has 3 aliphatic rings. The van der Waals surface area contributed by atoms with E-state index in [2.05, 4.69) is 24.1 Å². The molecule has 0 aromatic carbocycles. The van der Waals surface area contributed by atoms with E-state index in [1.165, 1.54) is 32.1 Å². The highest BCUT2D eigenvalue weighted by atomic mass is 16.2. The summed E-state index contributed by atoms with van der Waals surface area (Å²) in [4.78, 5) is 29.2. The SMILES string of the molecule is C[C@@H]1CCCCN1[C@H](C)CNC(=O)[C@@H]1CC(=O)N(C2CCCC2)C1. The Morgan fingerprint density at radius 1 is 1.21 bits per heavy atom. The minimum Gasteiger partial charge on any atom is -0.354 e. The van der Waals surface area contributed by atoms with Crippen LogP contribution in [0.25, 0.3) is 0 Å². The van der Waals surface area contributed by atoms with Gasteiger partial charge in [-0.15, -0.1) is 0 Å². The second-order valence-corrected chi connectivity index (χ2v) is 8.06. The molecule has 5 nitrogen and oxygen atoms in total. The lowest BCUT2D eigenvalue weighted by Crippen LogP contribution is -2.49. The Hall–Kier alpha value is -1.10. The van der Waals surface area contributed by atoms with Crippen LogP contribution in [0.2, 0.25) is 0 Å². The predicted molar refractivity (Wildman–Crippen MR) is 94.6 cm³/mol. The number of hydrogen-bond donors (Lipinski definition) is 1. The summed E-state index contributed by atoms with van der Waals surface area (Å²) >= 11 is 0. The number of piperidine rings is 1. The molecule has 0 spiro atoms. The number of rotatable bonds is 5. The average Bonchev–Trinajstić information content (AvgIpc) is 3.22. The third kappa shape index (κ3) is 3.93. The molecule has 136 valence electrons. The molecule has 0 radical (unpaired) electrons. The number of amides is 2. The Balaban J connectivity index is 1.46. The van der Waals surface area contributed by atoms with Gasteiger partial charge in [0.25, 0.3) is 0 Å². The molecular formula is C19H33N3O2. The van der Waals surface area contributed by atoms with Gasteiger partial charge in [-0.1, -0.05) is 19.3 Å². The number of carbonyl (C=O) groups is 2. The maximum absolute atomic E-state index is 12.5. The molecule has 2 heterocycles. The minimum atomic E-state index is -0.149. The van der Waals surface area contributed by atoms with Crippen LogP contribution in [0.5, 0.6) is 0 Å². The Bertz CT molecular complexity index is 462. The average molecular weight is 335 g/mol. The van der Waals surface area contributed by atoms with E-state index in [1.807, 2.05) is 4.90 Å². The van der Waals surface area contributed by atoms with Crippen LogP contribution in [0.1, 0.15) is 65.2 Å². The van der Waals surface area contributed by atoms with E-state index in [1.54, 1.807) is 0 Å². The smallest absolute Gasteiger partial charge is 0.225 e. The van der Waals surface area contributed by atoms with Gasteiger partial charge in [0.15, 0.2) is 0 Å². The van der Waals surface area contributed by atoms with Crippen LogP contribution >= 0.6 is 0 Å². The monoisotopic (exact) mass is 335 g/mol. The molecular weight excluding hydrogens is 302 g/mol. The molecule has 5 heteroatoms. The van der Waals surface area contributed by atoms with Crippen LogP contribution in [0.3, 0.4) is 0 Å². The lowest BCUT2D eigenvalue weighted by atomic mass is 10.0. The summed E-state index contributed by atoms with van der Waals surface area (Å²) in [6.45, 7) is 6.94. The molecule has 3 fully saturated rings. The van der Waals surface area contributed by atoms with Crippen LogP contribution in [0, 0.1) is 5.92 Å². The van der Waals surface area contributed by atoms with Crippen molar-refractivity contribution >= 4 is 11.8 Å². The summed E-state index contributed by atoms with van der Waals surface area (Å²) in [6, 6.07) is 1.37. The molecule has 2 amide bonds. The first-order valence-electron chi connectivity index (χ1n) is 9.89. The van der Waals surface area contributed by atoms with Gasteiger partial charge in [-0.05, 0) is 46.1 Å². The van der Waals surface area contributed by atoms with Gasteiger partial charge in [-0.3, -0.25) is 14.5 Å². The van der Waals surface area contributed by atoms with Crippen LogP contribution in [0.4, 0.5) is 0 Å². The highest BCUT2D eigenvalue weighted by molar-refractivity contribution is 5.89. The maximum Gasteiger partial charge on any atom is 0.225 e. The Kier molecular flexibility index (Phi) is 5.80. The van der Waals surface area contributed by atoms with Crippen LogP contribution in [-0.4, -0.2) is 59.4 Å². The van der Waals surface area contributed by atoms with E-state index in [4.69, 9.17) is 0 Å². The largest absolute Gasteiger partial charge is 0.354 e. The first kappa shape index (κ1) is 17.7. The summed E-state index contributed by atoms with van der Waals surface area (Å²) in [7, 11) is 0. The van der Waals surface area contributed by atoms with E-state index in [9.17, 15) is 9.59 Å². The van der Waals surface area contributed by atoms with Gasteiger partial charge in [0.2, 0.25) is 11.8 Å². The third-order valence-electron chi connectivity index (χ3n) is 6.29. The highest BCUT2D eigenvalue weighted by Gasteiger charge is 2.38. The van der Waals surface area contributed by atoms with Gasteiger partial charge < -0.3 is 10.2 Å². The fourth-order valence-corrected chi connectivity index (χ4v) is 4.76. The normalized spacial score (nSPS) is 30.8. The van der Waals surface area contributed by atoms with E-state index >= 15 is 0 Å². The van der Waals surface area contributed by atoms with Crippen molar-refractivity contribution in [2.75, 3.05) is 19.6 Å². The van der Waals surface area contributed by atoms with Crippen molar-refractivity contribution in [2.45, 2.75) is 83.3 Å². The molecule has 3 rings (SSSR count). The van der Waals surface area contributed by atoms with Crippen molar-refractivity contribution in [1.29, 1.82) is 0 Å². The molecule has 1 N–H and O–H groups in total. The van der Waals surface area contributed by atoms with Crippen molar-refractivity contribution in [3.05, 3.63) is 0 Å². The maximum atomic E-state index is 12.5. The Labute approximate surface area is 146 Å². The molecule has 1 aliphatic carbocycles. The topological polar surface area (TPSA) is 52.7 Å². The molecule has 0 aromatic heterocycles. The second kappa shape index (κ2) is 7.85. The number of likely N-dealkylation sites (tertiary alicyclic amines) is 2. The van der Waals surface area contributed by atoms with Crippen LogP contribution < -0.4 is 5.32 Å². The number of nitrogens with one attached hydrogen (secondary N) is 1. The van der Waals surface area contributed by atoms with Crippen molar-refractivity contribution in [2.24, 2.45) is 5.92 Å². The van der Waals surface area contributed by atoms with Crippen molar-refractivity contribution < 1.29 is 9.59 Å². The van der Waals surface area contributed by atoms with Crippen molar-refractivity contribution in [3.8, 4) is 0 Å². The molecule has 0 bridgehead atoms. The third-order valence-corrected chi connectivity index (χ3v) is 6.29. The summed E-state index contributed by atoms with van der Waals surface area (Å²) < 4.78 is 0. The standard InChI is InChI=1S/C19H33N3O2/c1-14-7-5-6-10-21(14)15(2)12-20-19(24)16-11-18(23)22(13-16)17-8-3-4-9-17/h14-17H,3-13H2,1-2H3,(H,20,24)/t14-,15-,16-/m1/s1. The van der Waals surface area contributed by atoms with E-state index < -0.39 is 0 Å². The van der Waals surface area contributed by atoms with Crippen molar-refractivity contribution in [3.63, 3.8) is 0 Å². The Morgan fingerprint density at radius 2 is 1.92 bits per heavy atom. The second-order valence-electron chi connectivity index (χ2n) is 8.06. The van der Waals surface area contributed by atoms with Gasteiger partial charge in [0.05, 0.1) is 5.92 Å². The van der Waals surface area contributed by atoms with Gasteiger partial charge in [-0.2, -0.15) is 0 Å². The first-order valence-corrected chi connectivity index (χ1v) is 9.89. The molecule has 3 atom stereocenters. The molecule has 0 unspecified atom stereocenters. The van der Waals surface area contributed by atoms with Crippen LogP contribution in [-0.2, 0) is 9.59 Å². The first-order chi connectivity index (χ1) is 11.6. The van der Waals surface area contributed by atoms with Gasteiger partial charge >= 0.3 is 0 Å². The molecule has 2 aliphatic heterocycles. The number of nitrogens with zero attached hydrogens (tertiary/aromatic N) is 2. The predicted octanol–water partition coefficient (Wildman–Crippen LogP) is 2.16. The number of hydrogen-bond acceptors (Lipinski definition) is 3. The fourth-order valence-electron chi connectivity index (χ4n) is 4.76. The van der Waals surface area contributed by atoms with Gasteiger partial charge in [0, 0.05) is 37.6 Å². The lowest BCUT2D eigenvalue weighted by Gasteiger charge is -2.38. The number of carbonyl (C=O) groups excluding carboxylic acids is 2. The summed E-state index contributed by atoms with van der Waals surface area (Å²) in [6.07, 6.45) is 8.90. The fraction of sp³-hybridized carbons (Fsp3) is 0.895. The summed E-state index contributed by atoms with van der Waals surface area (Å²) in [5.41, 5.74) is 0. The lowest BCUT2D eigenvalue weighted by molar-refractivity contribution is -0.130. The Morgan fingerprint density at radius 3 is 2.62 bits per heavy atom. The van der Waals surface area contributed by atoms with E-state index in [-0.39, 0.29) is 17.7 Å². The quantitative estimate of drug-likeness (QED) is 0.838.